The number of carboxylic acid groups (broad SMARTS) is 1. The van der Waals surface area contributed by atoms with Crippen LogP contribution in [0.3, 0.4) is 0 Å². The highest BCUT2D eigenvalue weighted by Crippen LogP contribution is 2.46. The van der Waals surface area contributed by atoms with Crippen LogP contribution in [0.15, 0.2) is 22.9 Å². The van der Waals surface area contributed by atoms with Crippen molar-refractivity contribution in [1.29, 1.82) is 0 Å². The number of sulfone groups is 1. The summed E-state index contributed by atoms with van der Waals surface area (Å²) in [5.74, 6) is -2.56. The molecule has 2 N–H and O–H groups in total. The second-order valence-corrected chi connectivity index (χ2v) is 7.77. The molecule has 114 valence electrons. The number of nitrogens with zero attached hydrogens (tertiary/aromatic N) is 1. The fourth-order valence-corrected chi connectivity index (χ4v) is 4.69. The third-order valence-electron chi connectivity index (χ3n) is 4.28. The van der Waals surface area contributed by atoms with Gasteiger partial charge in [-0.1, -0.05) is 6.08 Å². The monoisotopic (exact) mass is 313 g/mol. The van der Waals surface area contributed by atoms with Crippen LogP contribution >= 0.6 is 0 Å². The molecule has 0 aromatic carbocycles. The van der Waals surface area contributed by atoms with E-state index in [1.54, 1.807) is 0 Å². The van der Waals surface area contributed by atoms with Gasteiger partial charge in [-0.25, -0.2) is 13.2 Å². The van der Waals surface area contributed by atoms with Gasteiger partial charge in [0, 0.05) is 0 Å². The van der Waals surface area contributed by atoms with E-state index in [1.807, 2.05) is 0 Å². The Hall–Kier alpha value is -1.67. The summed E-state index contributed by atoms with van der Waals surface area (Å²) in [6.45, 7) is 1.50. The van der Waals surface area contributed by atoms with Crippen molar-refractivity contribution in [3.63, 3.8) is 0 Å². The smallest absolute Gasteiger partial charge is 0.352 e. The van der Waals surface area contributed by atoms with E-state index < -0.39 is 33.7 Å². The molecule has 21 heavy (non-hydrogen) atoms. The maximum Gasteiger partial charge on any atom is 0.352 e. The van der Waals surface area contributed by atoms with Crippen LogP contribution in [0, 0.1) is 5.92 Å². The molecule has 0 saturated carbocycles. The van der Waals surface area contributed by atoms with Gasteiger partial charge in [-0.15, -0.1) is 0 Å². The first kappa shape index (κ1) is 14.3. The van der Waals surface area contributed by atoms with Crippen molar-refractivity contribution in [2.75, 3.05) is 11.5 Å². The minimum atomic E-state index is -3.21. The Morgan fingerprint density at radius 3 is 2.62 bits per heavy atom. The van der Waals surface area contributed by atoms with Crippen molar-refractivity contribution in [1.82, 2.24) is 4.90 Å². The number of hydrogen-bond acceptors (Lipinski definition) is 5. The minimum Gasteiger partial charge on any atom is -0.477 e. The summed E-state index contributed by atoms with van der Waals surface area (Å²) < 4.78 is 23.1. The van der Waals surface area contributed by atoms with Gasteiger partial charge in [0.15, 0.2) is 9.84 Å². The van der Waals surface area contributed by atoms with Gasteiger partial charge >= 0.3 is 5.97 Å². The Morgan fingerprint density at radius 2 is 2.14 bits per heavy atom. The number of rotatable bonds is 3. The number of carbonyl (C=O) groups is 2. The lowest BCUT2D eigenvalue weighted by molar-refractivity contribution is -0.161. The van der Waals surface area contributed by atoms with Crippen molar-refractivity contribution >= 4 is 21.7 Å². The number of amides is 1. The summed E-state index contributed by atoms with van der Waals surface area (Å²) in [6, 6.07) is -0.386. The topological polar surface area (TPSA) is 112 Å². The van der Waals surface area contributed by atoms with Crippen LogP contribution in [0.1, 0.15) is 13.3 Å². The Kier molecular flexibility index (Phi) is 3.00. The Labute approximate surface area is 121 Å². The molecule has 1 saturated heterocycles. The molecule has 3 atom stereocenters. The summed E-state index contributed by atoms with van der Waals surface area (Å²) in [5, 5.41) is 19.0. The molecule has 0 aromatic heterocycles. The first-order chi connectivity index (χ1) is 9.73. The van der Waals surface area contributed by atoms with Gasteiger partial charge in [-0.05, 0) is 24.5 Å². The maximum atomic E-state index is 12.0. The Balaban J connectivity index is 1.98. The molecule has 0 unspecified atom stereocenters. The van der Waals surface area contributed by atoms with Crippen molar-refractivity contribution in [3.8, 4) is 0 Å². The van der Waals surface area contributed by atoms with Crippen molar-refractivity contribution in [2.45, 2.75) is 25.5 Å². The number of aliphatic hydroxyl groups is 1. The lowest BCUT2D eigenvalue weighted by Crippen LogP contribution is -2.61. The molecule has 1 fully saturated rings. The SMILES string of the molecule is C[C@@H](O)[C@H]1C(=O)N2C(C(=O)O)=C(C3=CCS(=O)(=O)C3)C[C@H]12. The standard InChI is InChI=1S/C13H15NO6S/c1-6(15)10-9-4-8(7-2-3-21(19,20)5-7)11(13(17)18)14(9)12(10)16/h2,6,9-10,15H,3-5H2,1H3,(H,17,18)/t6-,9-,10-/m1/s1. The summed E-state index contributed by atoms with van der Waals surface area (Å²) in [6.07, 6.45) is 0.945. The predicted octanol–water partition coefficient (Wildman–Crippen LogP) is -0.709. The number of aliphatic hydroxyl groups excluding tert-OH is 1. The van der Waals surface area contributed by atoms with Gasteiger partial charge in [0.05, 0.1) is 29.6 Å². The van der Waals surface area contributed by atoms with Crippen LogP contribution in [0.2, 0.25) is 0 Å². The lowest BCUT2D eigenvalue weighted by Gasteiger charge is -2.44. The van der Waals surface area contributed by atoms with Gasteiger partial charge < -0.3 is 15.1 Å². The molecule has 0 radical (unpaired) electrons. The highest BCUT2D eigenvalue weighted by molar-refractivity contribution is 7.92. The van der Waals surface area contributed by atoms with Gasteiger partial charge in [-0.2, -0.15) is 0 Å². The van der Waals surface area contributed by atoms with Crippen LogP contribution in [0.5, 0.6) is 0 Å². The molecule has 0 aliphatic carbocycles. The molecule has 3 rings (SSSR count). The third-order valence-corrected chi connectivity index (χ3v) is 5.70. The molecule has 3 aliphatic rings. The molecular weight excluding hydrogens is 298 g/mol. The van der Waals surface area contributed by atoms with E-state index in [-0.39, 0.29) is 29.7 Å². The number of carbonyl (C=O) groups excluding carboxylic acids is 1. The maximum absolute atomic E-state index is 12.0. The highest BCUT2D eigenvalue weighted by Gasteiger charge is 2.57. The van der Waals surface area contributed by atoms with E-state index in [1.165, 1.54) is 17.9 Å². The van der Waals surface area contributed by atoms with Crippen molar-refractivity contribution in [2.24, 2.45) is 5.92 Å². The van der Waals surface area contributed by atoms with Crippen molar-refractivity contribution < 1.29 is 28.2 Å². The van der Waals surface area contributed by atoms with Gasteiger partial charge in [0.2, 0.25) is 5.91 Å². The molecule has 3 aliphatic heterocycles. The average molecular weight is 313 g/mol. The molecule has 3 heterocycles. The molecule has 1 amide bonds. The van der Waals surface area contributed by atoms with Crippen LogP contribution in [0.4, 0.5) is 0 Å². The normalized spacial score (nSPS) is 31.8. The predicted molar refractivity (Wildman–Crippen MR) is 71.8 cm³/mol. The van der Waals surface area contributed by atoms with Crippen LogP contribution in [-0.2, 0) is 19.4 Å². The summed E-state index contributed by atoms with van der Waals surface area (Å²) >= 11 is 0. The summed E-state index contributed by atoms with van der Waals surface area (Å²) in [5.41, 5.74) is 0.745. The molecule has 0 aromatic rings. The molecular formula is C13H15NO6S. The fourth-order valence-electron chi connectivity index (χ4n) is 3.35. The largest absolute Gasteiger partial charge is 0.477 e. The first-order valence-electron chi connectivity index (χ1n) is 6.60. The summed E-state index contributed by atoms with van der Waals surface area (Å²) in [4.78, 5) is 24.7. The second kappa shape index (κ2) is 4.41. The zero-order chi connectivity index (χ0) is 15.5. The van der Waals surface area contributed by atoms with E-state index in [0.29, 0.717) is 11.1 Å². The van der Waals surface area contributed by atoms with Crippen LogP contribution < -0.4 is 0 Å². The average Bonchev–Trinajstić information content (AvgIpc) is 2.86. The van der Waals surface area contributed by atoms with E-state index in [9.17, 15) is 28.2 Å². The number of carboxylic acids is 1. The highest BCUT2D eigenvalue weighted by atomic mass is 32.2. The third kappa shape index (κ3) is 2.01. The number of fused-ring (bicyclic) bond motifs is 1. The van der Waals surface area contributed by atoms with E-state index in [2.05, 4.69) is 0 Å². The molecule has 7 nitrogen and oxygen atoms in total. The number of β-lactam (4-membered cyclic amide) rings is 1. The lowest BCUT2D eigenvalue weighted by atomic mass is 9.82. The van der Waals surface area contributed by atoms with Gasteiger partial charge in [0.1, 0.15) is 5.70 Å². The summed E-state index contributed by atoms with van der Waals surface area (Å²) in [7, 11) is -3.21. The minimum absolute atomic E-state index is 0.100. The fraction of sp³-hybridized carbons (Fsp3) is 0.538. The Morgan fingerprint density at radius 1 is 1.48 bits per heavy atom. The quantitative estimate of drug-likeness (QED) is 0.666. The Bertz CT molecular complexity index is 702. The zero-order valence-electron chi connectivity index (χ0n) is 11.3. The molecule has 8 heteroatoms. The zero-order valence-corrected chi connectivity index (χ0v) is 12.1. The van der Waals surface area contributed by atoms with Crippen LogP contribution in [0.25, 0.3) is 0 Å². The van der Waals surface area contributed by atoms with E-state index >= 15 is 0 Å². The first-order valence-corrected chi connectivity index (χ1v) is 8.42. The number of aliphatic carboxylic acids is 1. The molecule has 0 spiro atoms. The van der Waals surface area contributed by atoms with E-state index in [0.717, 1.165) is 0 Å². The van der Waals surface area contributed by atoms with Gasteiger partial charge in [0.25, 0.3) is 0 Å². The van der Waals surface area contributed by atoms with Crippen molar-refractivity contribution in [3.05, 3.63) is 22.9 Å². The van der Waals surface area contributed by atoms with Crippen LogP contribution in [-0.4, -0.2) is 59.1 Å². The van der Waals surface area contributed by atoms with Gasteiger partial charge in [-0.3, -0.25) is 4.79 Å². The van der Waals surface area contributed by atoms with E-state index in [4.69, 9.17) is 0 Å². The number of hydrogen-bond donors (Lipinski definition) is 2. The second-order valence-electron chi connectivity index (χ2n) is 5.66. The molecule has 0 bridgehead atoms.